The molecule has 0 aromatic carbocycles. The van der Waals surface area contributed by atoms with Gasteiger partial charge in [0.2, 0.25) is 5.91 Å². The molecule has 2 atom stereocenters. The summed E-state index contributed by atoms with van der Waals surface area (Å²) in [6.07, 6.45) is 1.78. The van der Waals surface area contributed by atoms with Crippen LogP contribution in [0.15, 0.2) is 11.4 Å². The predicted molar refractivity (Wildman–Crippen MR) is 69.4 cm³/mol. The number of rotatable bonds is 4. The second-order valence-electron chi connectivity index (χ2n) is 4.79. The molecule has 2 rings (SSSR count). The number of hydrogen-bond acceptors (Lipinski definition) is 3. The van der Waals surface area contributed by atoms with Gasteiger partial charge in [0, 0.05) is 10.8 Å². The van der Waals surface area contributed by atoms with Gasteiger partial charge in [-0.2, -0.15) is 0 Å². The molecule has 1 heterocycles. The van der Waals surface area contributed by atoms with Crippen molar-refractivity contribution < 1.29 is 14.7 Å². The van der Waals surface area contributed by atoms with Gasteiger partial charge in [-0.25, -0.2) is 0 Å². The fraction of sp³-hybridized carbons (Fsp3) is 0.538. The topological polar surface area (TPSA) is 66.4 Å². The van der Waals surface area contributed by atoms with Crippen molar-refractivity contribution >= 4 is 23.2 Å². The van der Waals surface area contributed by atoms with Gasteiger partial charge < -0.3 is 10.4 Å². The van der Waals surface area contributed by atoms with E-state index in [1.54, 1.807) is 11.3 Å². The fourth-order valence-electron chi connectivity index (χ4n) is 2.34. The van der Waals surface area contributed by atoms with Crippen molar-refractivity contribution in [3.05, 3.63) is 21.9 Å². The Morgan fingerprint density at radius 2 is 2.17 bits per heavy atom. The van der Waals surface area contributed by atoms with E-state index >= 15 is 0 Å². The third-order valence-corrected chi connectivity index (χ3v) is 4.57. The molecule has 1 amide bonds. The highest BCUT2D eigenvalue weighted by Crippen LogP contribution is 2.31. The average molecular weight is 267 g/mol. The van der Waals surface area contributed by atoms with Gasteiger partial charge >= 0.3 is 5.97 Å². The van der Waals surface area contributed by atoms with Crippen LogP contribution in [0.1, 0.15) is 29.7 Å². The lowest BCUT2D eigenvalue weighted by atomic mass is 10.0. The first kappa shape index (κ1) is 13.1. The van der Waals surface area contributed by atoms with E-state index in [1.807, 2.05) is 18.4 Å². The van der Waals surface area contributed by atoms with Crippen LogP contribution in [0, 0.1) is 18.8 Å². The van der Waals surface area contributed by atoms with Crippen molar-refractivity contribution in [2.75, 3.05) is 0 Å². The van der Waals surface area contributed by atoms with Crippen molar-refractivity contribution in [1.29, 1.82) is 0 Å². The van der Waals surface area contributed by atoms with Gasteiger partial charge in [-0.1, -0.05) is 0 Å². The molecule has 0 saturated heterocycles. The molecule has 2 N–H and O–H groups in total. The minimum absolute atomic E-state index is 0.00782. The van der Waals surface area contributed by atoms with Crippen molar-refractivity contribution in [2.45, 2.75) is 32.7 Å². The number of aliphatic carboxylic acids is 1. The van der Waals surface area contributed by atoms with Gasteiger partial charge in [0.25, 0.3) is 0 Å². The molecule has 0 aliphatic heterocycles. The molecule has 1 aromatic heterocycles. The first-order chi connectivity index (χ1) is 8.58. The minimum Gasteiger partial charge on any atom is -0.481 e. The Bertz CT molecular complexity index is 455. The Morgan fingerprint density at radius 3 is 2.72 bits per heavy atom. The van der Waals surface area contributed by atoms with E-state index in [1.165, 1.54) is 5.56 Å². The zero-order valence-corrected chi connectivity index (χ0v) is 11.1. The molecule has 0 radical (unpaired) electrons. The lowest BCUT2D eigenvalue weighted by molar-refractivity contribution is -0.141. The summed E-state index contributed by atoms with van der Waals surface area (Å²) in [5, 5.41) is 13.8. The summed E-state index contributed by atoms with van der Waals surface area (Å²) in [5.41, 5.74) is 1.19. The normalized spacial score (nSPS) is 22.9. The van der Waals surface area contributed by atoms with Gasteiger partial charge in [0.1, 0.15) is 0 Å². The Morgan fingerprint density at radius 1 is 1.44 bits per heavy atom. The number of carboxylic acid groups (broad SMARTS) is 1. The SMILES string of the molecule is Cc1ccsc1CNC(=O)C1CCC(C(=O)O)C1. The summed E-state index contributed by atoms with van der Waals surface area (Å²) in [6.45, 7) is 2.57. The van der Waals surface area contributed by atoms with Crippen LogP contribution in [-0.4, -0.2) is 17.0 Å². The fourth-order valence-corrected chi connectivity index (χ4v) is 3.19. The van der Waals surface area contributed by atoms with Crippen molar-refractivity contribution in [1.82, 2.24) is 5.32 Å². The van der Waals surface area contributed by atoms with Crippen LogP contribution in [0.3, 0.4) is 0 Å². The third-order valence-electron chi connectivity index (χ3n) is 3.54. The molecular formula is C13H17NO3S. The molecule has 0 spiro atoms. The number of carboxylic acids is 1. The molecule has 1 aliphatic carbocycles. The predicted octanol–water partition coefficient (Wildman–Crippen LogP) is 2.17. The van der Waals surface area contributed by atoms with E-state index < -0.39 is 5.97 Å². The molecular weight excluding hydrogens is 250 g/mol. The summed E-state index contributed by atoms with van der Waals surface area (Å²) in [4.78, 5) is 23.9. The zero-order chi connectivity index (χ0) is 13.1. The van der Waals surface area contributed by atoms with Crippen molar-refractivity contribution in [2.24, 2.45) is 11.8 Å². The number of carbonyl (C=O) groups is 2. The number of amides is 1. The monoisotopic (exact) mass is 267 g/mol. The van der Waals surface area contributed by atoms with Gasteiger partial charge in [0.05, 0.1) is 12.5 Å². The van der Waals surface area contributed by atoms with Crippen LogP contribution in [0.5, 0.6) is 0 Å². The van der Waals surface area contributed by atoms with Crippen LogP contribution >= 0.6 is 11.3 Å². The molecule has 1 aliphatic rings. The molecule has 0 bridgehead atoms. The molecule has 18 heavy (non-hydrogen) atoms. The van der Waals surface area contributed by atoms with E-state index in [2.05, 4.69) is 5.32 Å². The van der Waals surface area contributed by atoms with Gasteiger partial charge in [0.15, 0.2) is 0 Å². The molecule has 5 heteroatoms. The summed E-state index contributed by atoms with van der Waals surface area (Å²) < 4.78 is 0. The molecule has 1 saturated carbocycles. The average Bonchev–Trinajstić information content (AvgIpc) is 2.94. The van der Waals surface area contributed by atoms with Crippen LogP contribution in [0.2, 0.25) is 0 Å². The highest BCUT2D eigenvalue weighted by molar-refractivity contribution is 7.10. The lowest BCUT2D eigenvalue weighted by Gasteiger charge is -2.10. The molecule has 1 aromatic rings. The highest BCUT2D eigenvalue weighted by atomic mass is 32.1. The molecule has 98 valence electrons. The highest BCUT2D eigenvalue weighted by Gasteiger charge is 2.33. The van der Waals surface area contributed by atoms with Crippen LogP contribution in [0.4, 0.5) is 0 Å². The standard InChI is InChI=1S/C13H17NO3S/c1-8-4-5-18-11(8)7-14-12(15)9-2-3-10(6-9)13(16)17/h4-5,9-10H,2-3,6-7H2,1H3,(H,14,15)(H,16,17). The maximum atomic E-state index is 11.9. The Balaban J connectivity index is 1.83. The molecule has 1 fully saturated rings. The molecule has 2 unspecified atom stereocenters. The minimum atomic E-state index is -0.778. The van der Waals surface area contributed by atoms with E-state index in [0.717, 1.165) is 4.88 Å². The number of carbonyl (C=O) groups excluding carboxylic acids is 1. The summed E-state index contributed by atoms with van der Waals surface area (Å²) in [7, 11) is 0. The third kappa shape index (κ3) is 2.90. The van der Waals surface area contributed by atoms with Gasteiger partial charge in [-0.05, 0) is 43.2 Å². The second kappa shape index (κ2) is 5.52. The van der Waals surface area contributed by atoms with Crippen LogP contribution in [0.25, 0.3) is 0 Å². The van der Waals surface area contributed by atoms with E-state index in [9.17, 15) is 9.59 Å². The maximum Gasteiger partial charge on any atom is 0.306 e. The van der Waals surface area contributed by atoms with E-state index in [0.29, 0.717) is 25.8 Å². The summed E-state index contributed by atoms with van der Waals surface area (Å²) in [5.74, 6) is -1.26. The maximum absolute atomic E-state index is 11.9. The van der Waals surface area contributed by atoms with Gasteiger partial charge in [-0.3, -0.25) is 9.59 Å². The van der Waals surface area contributed by atoms with Crippen LogP contribution in [-0.2, 0) is 16.1 Å². The number of nitrogens with one attached hydrogen (secondary N) is 1. The first-order valence-electron chi connectivity index (χ1n) is 6.11. The number of aryl methyl sites for hydroxylation is 1. The van der Waals surface area contributed by atoms with Crippen LogP contribution < -0.4 is 5.32 Å². The Kier molecular flexibility index (Phi) is 4.01. The summed E-state index contributed by atoms with van der Waals surface area (Å²) >= 11 is 1.63. The number of hydrogen-bond donors (Lipinski definition) is 2. The number of thiophene rings is 1. The van der Waals surface area contributed by atoms with Crippen molar-refractivity contribution in [3.63, 3.8) is 0 Å². The zero-order valence-electron chi connectivity index (χ0n) is 10.3. The first-order valence-corrected chi connectivity index (χ1v) is 6.99. The lowest BCUT2D eigenvalue weighted by Crippen LogP contribution is -2.29. The molecule has 4 nitrogen and oxygen atoms in total. The summed E-state index contributed by atoms with van der Waals surface area (Å²) in [6, 6.07) is 2.03. The largest absolute Gasteiger partial charge is 0.481 e. The quantitative estimate of drug-likeness (QED) is 0.878. The van der Waals surface area contributed by atoms with Crippen molar-refractivity contribution in [3.8, 4) is 0 Å². The second-order valence-corrected chi connectivity index (χ2v) is 5.79. The Hall–Kier alpha value is -1.36. The van der Waals surface area contributed by atoms with E-state index in [-0.39, 0.29) is 17.7 Å². The van der Waals surface area contributed by atoms with Gasteiger partial charge in [-0.15, -0.1) is 11.3 Å². The smallest absolute Gasteiger partial charge is 0.306 e. The van der Waals surface area contributed by atoms with E-state index in [4.69, 9.17) is 5.11 Å². The Labute approximate surface area is 110 Å².